The lowest BCUT2D eigenvalue weighted by molar-refractivity contribution is 0.262. The summed E-state index contributed by atoms with van der Waals surface area (Å²) in [5, 5.41) is 5.57. The number of aryl methyl sites for hydroxylation is 1. The third-order valence-corrected chi connectivity index (χ3v) is 6.92. The van der Waals surface area contributed by atoms with Crippen molar-refractivity contribution in [2.75, 3.05) is 28.6 Å². The number of nitrogens with one attached hydrogen (secondary N) is 2. The number of methoxy groups -OCH3 is 1. The minimum Gasteiger partial charge on any atom is -0.497 e. The van der Waals surface area contributed by atoms with E-state index in [1.807, 2.05) is 6.07 Å². The Bertz CT molecular complexity index is 1180. The molecule has 160 valence electrons. The number of amides is 2. The highest BCUT2D eigenvalue weighted by atomic mass is 32.2. The summed E-state index contributed by atoms with van der Waals surface area (Å²) < 4.78 is 32.8. The van der Waals surface area contributed by atoms with E-state index >= 15 is 0 Å². The molecular weight excluding hydrogens is 414 g/mol. The molecule has 0 radical (unpaired) electrons. The van der Waals surface area contributed by atoms with E-state index < -0.39 is 10.0 Å². The van der Waals surface area contributed by atoms with Gasteiger partial charge in [-0.1, -0.05) is 18.2 Å². The van der Waals surface area contributed by atoms with Crippen molar-refractivity contribution in [3.05, 3.63) is 78.4 Å². The van der Waals surface area contributed by atoms with E-state index in [1.165, 1.54) is 4.31 Å². The second kappa shape index (κ2) is 8.69. The van der Waals surface area contributed by atoms with Crippen LogP contribution in [0.5, 0.6) is 5.75 Å². The monoisotopic (exact) mass is 437 g/mol. The molecule has 0 bridgehead atoms. The number of urea groups is 1. The molecule has 0 atom stereocenters. The first-order chi connectivity index (χ1) is 15.0. The van der Waals surface area contributed by atoms with Crippen LogP contribution in [0.15, 0.2) is 77.7 Å². The number of carbonyl (C=O) groups is 1. The van der Waals surface area contributed by atoms with Gasteiger partial charge in [-0.2, -0.15) is 0 Å². The maximum atomic E-state index is 13.1. The van der Waals surface area contributed by atoms with Crippen LogP contribution in [0.1, 0.15) is 12.0 Å². The summed E-state index contributed by atoms with van der Waals surface area (Å²) in [6.45, 7) is 0.426. The average molecular weight is 438 g/mol. The summed E-state index contributed by atoms with van der Waals surface area (Å²) in [4.78, 5) is 12.6. The summed E-state index contributed by atoms with van der Waals surface area (Å²) in [5.74, 6) is 0.704. The molecule has 1 heterocycles. The molecule has 2 N–H and O–H groups in total. The van der Waals surface area contributed by atoms with Crippen LogP contribution in [-0.2, 0) is 16.4 Å². The topological polar surface area (TPSA) is 87.7 Å². The first-order valence-electron chi connectivity index (χ1n) is 9.90. The molecule has 0 unspecified atom stereocenters. The largest absolute Gasteiger partial charge is 0.497 e. The lowest BCUT2D eigenvalue weighted by atomic mass is 10.0. The van der Waals surface area contributed by atoms with Gasteiger partial charge in [-0.25, -0.2) is 13.2 Å². The number of anilines is 3. The number of nitrogens with zero attached hydrogens (tertiary/aromatic N) is 1. The molecule has 0 spiro atoms. The molecule has 0 aromatic heterocycles. The smallest absolute Gasteiger partial charge is 0.323 e. The average Bonchev–Trinajstić information content (AvgIpc) is 2.79. The van der Waals surface area contributed by atoms with Gasteiger partial charge in [0.05, 0.1) is 17.7 Å². The van der Waals surface area contributed by atoms with E-state index in [2.05, 4.69) is 10.6 Å². The van der Waals surface area contributed by atoms with Crippen molar-refractivity contribution in [3.63, 3.8) is 0 Å². The standard InChI is InChI=1S/C23H23N3O4S/c1-30-20-12-9-18(10-13-20)24-23(27)25-19-11-14-22-17(16-19)6-5-15-26(22)31(28,29)21-7-3-2-4-8-21/h2-4,7-14,16H,5-6,15H2,1H3,(H2,24,25,27). The molecule has 1 aliphatic rings. The van der Waals surface area contributed by atoms with Gasteiger partial charge >= 0.3 is 6.03 Å². The quantitative estimate of drug-likeness (QED) is 0.616. The van der Waals surface area contributed by atoms with Gasteiger partial charge in [0, 0.05) is 17.9 Å². The summed E-state index contributed by atoms with van der Waals surface area (Å²) in [7, 11) is -2.05. The molecule has 3 aromatic rings. The molecule has 3 aromatic carbocycles. The van der Waals surface area contributed by atoms with Crippen LogP contribution in [0, 0.1) is 0 Å². The number of hydrogen-bond donors (Lipinski definition) is 2. The molecule has 1 aliphatic heterocycles. The van der Waals surface area contributed by atoms with Crippen LogP contribution in [-0.4, -0.2) is 28.1 Å². The normalized spacial score (nSPS) is 13.3. The Hall–Kier alpha value is -3.52. The molecule has 7 nitrogen and oxygen atoms in total. The summed E-state index contributed by atoms with van der Waals surface area (Å²) in [6.07, 6.45) is 1.45. The van der Waals surface area contributed by atoms with E-state index in [4.69, 9.17) is 4.74 Å². The molecule has 0 aliphatic carbocycles. The van der Waals surface area contributed by atoms with Gasteiger partial charge in [0.15, 0.2) is 0 Å². The summed E-state index contributed by atoms with van der Waals surface area (Å²) in [6, 6.07) is 20.3. The molecule has 0 saturated heterocycles. The van der Waals surface area contributed by atoms with Crippen LogP contribution >= 0.6 is 0 Å². The Morgan fingerprint density at radius 2 is 1.61 bits per heavy atom. The van der Waals surface area contributed by atoms with E-state index in [-0.39, 0.29) is 10.9 Å². The zero-order valence-electron chi connectivity index (χ0n) is 17.0. The Balaban J connectivity index is 1.51. The number of sulfonamides is 1. The highest BCUT2D eigenvalue weighted by Crippen LogP contribution is 2.33. The molecule has 2 amide bonds. The van der Waals surface area contributed by atoms with Crippen LogP contribution in [0.2, 0.25) is 0 Å². The number of benzene rings is 3. The molecule has 4 rings (SSSR count). The van der Waals surface area contributed by atoms with E-state index in [1.54, 1.807) is 73.8 Å². The van der Waals surface area contributed by atoms with E-state index in [0.29, 0.717) is 35.8 Å². The lowest BCUT2D eigenvalue weighted by Gasteiger charge is -2.30. The molecule has 31 heavy (non-hydrogen) atoms. The van der Waals surface area contributed by atoms with Gasteiger partial charge in [-0.3, -0.25) is 4.31 Å². The first kappa shape index (κ1) is 20.7. The summed E-state index contributed by atoms with van der Waals surface area (Å²) >= 11 is 0. The third kappa shape index (κ3) is 4.49. The van der Waals surface area contributed by atoms with Crippen molar-refractivity contribution in [1.82, 2.24) is 0 Å². The zero-order chi connectivity index (χ0) is 21.8. The fourth-order valence-electron chi connectivity index (χ4n) is 3.58. The molecule has 8 heteroatoms. The predicted octanol–water partition coefficient (Wildman–Crippen LogP) is 4.48. The second-order valence-corrected chi connectivity index (χ2v) is 9.01. The van der Waals surface area contributed by atoms with Gasteiger partial charge in [-0.15, -0.1) is 0 Å². The highest BCUT2D eigenvalue weighted by Gasteiger charge is 2.29. The van der Waals surface area contributed by atoms with Crippen molar-refractivity contribution in [2.24, 2.45) is 0 Å². The SMILES string of the molecule is COc1ccc(NC(=O)Nc2ccc3c(c2)CCCN3S(=O)(=O)c2ccccc2)cc1. The van der Waals surface area contributed by atoms with Gasteiger partial charge in [0.25, 0.3) is 10.0 Å². The number of ether oxygens (including phenoxy) is 1. The van der Waals surface area contributed by atoms with E-state index in [0.717, 1.165) is 12.0 Å². The van der Waals surface area contributed by atoms with Gasteiger partial charge in [0.2, 0.25) is 0 Å². The Morgan fingerprint density at radius 3 is 2.32 bits per heavy atom. The van der Waals surface area contributed by atoms with Crippen molar-refractivity contribution in [3.8, 4) is 5.75 Å². The Kier molecular flexibility index (Phi) is 5.81. The number of carbonyl (C=O) groups excluding carboxylic acids is 1. The van der Waals surface area contributed by atoms with Crippen LogP contribution < -0.4 is 19.7 Å². The van der Waals surface area contributed by atoms with E-state index in [9.17, 15) is 13.2 Å². The maximum Gasteiger partial charge on any atom is 0.323 e. The summed E-state index contributed by atoms with van der Waals surface area (Å²) in [5.41, 5.74) is 2.77. The first-order valence-corrected chi connectivity index (χ1v) is 11.3. The van der Waals surface area contributed by atoms with Crippen LogP contribution in [0.3, 0.4) is 0 Å². The molecule has 0 fully saturated rings. The van der Waals surface area contributed by atoms with Crippen LogP contribution in [0.25, 0.3) is 0 Å². The Labute approximate surface area is 181 Å². The van der Waals surface area contributed by atoms with Gasteiger partial charge in [-0.05, 0) is 73.0 Å². The van der Waals surface area contributed by atoms with Crippen LogP contribution in [0.4, 0.5) is 21.9 Å². The second-order valence-electron chi connectivity index (χ2n) is 7.14. The molecule has 0 saturated carbocycles. The molecular formula is C23H23N3O4S. The number of hydrogen-bond acceptors (Lipinski definition) is 4. The van der Waals surface area contributed by atoms with Crippen molar-refractivity contribution < 1.29 is 17.9 Å². The minimum atomic E-state index is -3.63. The van der Waals surface area contributed by atoms with Gasteiger partial charge in [0.1, 0.15) is 5.75 Å². The van der Waals surface area contributed by atoms with Crippen molar-refractivity contribution in [2.45, 2.75) is 17.7 Å². The highest BCUT2D eigenvalue weighted by molar-refractivity contribution is 7.92. The maximum absolute atomic E-state index is 13.1. The third-order valence-electron chi connectivity index (χ3n) is 5.09. The number of fused-ring (bicyclic) bond motifs is 1. The lowest BCUT2D eigenvalue weighted by Crippen LogP contribution is -2.35. The number of rotatable bonds is 5. The predicted molar refractivity (Wildman–Crippen MR) is 121 cm³/mol. The van der Waals surface area contributed by atoms with Crippen molar-refractivity contribution in [1.29, 1.82) is 0 Å². The minimum absolute atomic E-state index is 0.268. The fraction of sp³-hybridized carbons (Fsp3) is 0.174. The van der Waals surface area contributed by atoms with Gasteiger partial charge < -0.3 is 15.4 Å². The zero-order valence-corrected chi connectivity index (χ0v) is 17.9. The van der Waals surface area contributed by atoms with Crippen molar-refractivity contribution >= 4 is 33.1 Å². The fourth-order valence-corrected chi connectivity index (χ4v) is 5.14. The Morgan fingerprint density at radius 1 is 0.935 bits per heavy atom.